The quantitative estimate of drug-likeness (QED) is 0.874. The summed E-state index contributed by atoms with van der Waals surface area (Å²) in [6.07, 6.45) is 0. The van der Waals surface area contributed by atoms with E-state index in [4.69, 9.17) is 11.5 Å². The van der Waals surface area contributed by atoms with E-state index in [-0.39, 0.29) is 0 Å². The molecule has 0 aliphatic carbocycles. The summed E-state index contributed by atoms with van der Waals surface area (Å²) in [5.41, 5.74) is 12.8. The van der Waals surface area contributed by atoms with Crippen molar-refractivity contribution in [3.05, 3.63) is 34.3 Å². The van der Waals surface area contributed by atoms with Gasteiger partial charge in [0.2, 0.25) is 0 Å². The van der Waals surface area contributed by atoms with Gasteiger partial charge in [-0.15, -0.1) is 0 Å². The first kappa shape index (κ1) is 13.7. The van der Waals surface area contributed by atoms with Gasteiger partial charge in [-0.1, -0.05) is 41.9 Å². The Bertz CT molecular complexity index is 323. The maximum Gasteiger partial charge on any atom is 0.0178 e. The molecule has 0 radical (unpaired) electrons. The van der Waals surface area contributed by atoms with E-state index in [0.29, 0.717) is 30.8 Å². The van der Waals surface area contributed by atoms with Gasteiger partial charge in [0, 0.05) is 4.47 Å². The highest BCUT2D eigenvalue weighted by molar-refractivity contribution is 9.10. The van der Waals surface area contributed by atoms with Crippen LogP contribution in [0.3, 0.4) is 0 Å². The van der Waals surface area contributed by atoms with Crippen LogP contribution in [0.15, 0.2) is 28.7 Å². The Hall–Kier alpha value is -0.380. The highest BCUT2D eigenvalue weighted by Gasteiger charge is 2.21. The van der Waals surface area contributed by atoms with Crippen molar-refractivity contribution in [2.75, 3.05) is 13.1 Å². The van der Waals surface area contributed by atoms with Crippen molar-refractivity contribution in [3.8, 4) is 0 Å². The average molecular weight is 285 g/mol. The maximum absolute atomic E-state index is 5.74. The van der Waals surface area contributed by atoms with E-state index in [9.17, 15) is 0 Å². The second kappa shape index (κ2) is 6.38. The standard InChI is InChI=1S/C13H21BrN2/c1-9(10(2)12(7-15)8-16)11-4-3-5-13(14)6-11/h3-6,9-10,12H,7-8,15-16H2,1-2H3. The predicted molar refractivity (Wildman–Crippen MR) is 73.3 cm³/mol. The lowest BCUT2D eigenvalue weighted by Crippen LogP contribution is -2.31. The molecule has 0 saturated carbocycles. The van der Waals surface area contributed by atoms with Gasteiger partial charge in [-0.05, 0) is 48.5 Å². The first-order valence-corrected chi connectivity index (χ1v) is 6.55. The summed E-state index contributed by atoms with van der Waals surface area (Å²) in [4.78, 5) is 0. The van der Waals surface area contributed by atoms with E-state index in [0.717, 1.165) is 4.47 Å². The molecule has 3 heteroatoms. The zero-order valence-electron chi connectivity index (χ0n) is 9.99. The van der Waals surface area contributed by atoms with Crippen molar-refractivity contribution in [2.24, 2.45) is 23.3 Å². The average Bonchev–Trinajstić information content (AvgIpc) is 2.29. The molecule has 0 amide bonds. The van der Waals surface area contributed by atoms with Gasteiger partial charge in [-0.2, -0.15) is 0 Å². The molecule has 1 aromatic rings. The molecule has 0 aliphatic heterocycles. The number of hydrogen-bond acceptors (Lipinski definition) is 2. The molecular formula is C13H21BrN2. The fourth-order valence-corrected chi connectivity index (χ4v) is 2.44. The molecule has 2 nitrogen and oxygen atoms in total. The van der Waals surface area contributed by atoms with Gasteiger partial charge >= 0.3 is 0 Å². The summed E-state index contributed by atoms with van der Waals surface area (Å²) in [6.45, 7) is 5.80. The second-order valence-corrected chi connectivity index (χ2v) is 5.35. The van der Waals surface area contributed by atoms with Crippen molar-refractivity contribution < 1.29 is 0 Å². The van der Waals surface area contributed by atoms with Crippen LogP contribution in [0.1, 0.15) is 25.3 Å². The van der Waals surface area contributed by atoms with Gasteiger partial charge in [0.25, 0.3) is 0 Å². The van der Waals surface area contributed by atoms with Crippen LogP contribution in [0.2, 0.25) is 0 Å². The second-order valence-electron chi connectivity index (χ2n) is 4.43. The molecule has 0 saturated heterocycles. The van der Waals surface area contributed by atoms with Crippen molar-refractivity contribution in [2.45, 2.75) is 19.8 Å². The molecule has 16 heavy (non-hydrogen) atoms. The Balaban J connectivity index is 2.80. The van der Waals surface area contributed by atoms with Crippen LogP contribution in [-0.4, -0.2) is 13.1 Å². The molecule has 0 bridgehead atoms. The molecule has 2 atom stereocenters. The minimum Gasteiger partial charge on any atom is -0.330 e. The fourth-order valence-electron chi connectivity index (χ4n) is 2.03. The van der Waals surface area contributed by atoms with Crippen LogP contribution in [0.4, 0.5) is 0 Å². The Morgan fingerprint density at radius 1 is 1.19 bits per heavy atom. The van der Waals surface area contributed by atoms with Gasteiger partial charge in [-0.25, -0.2) is 0 Å². The predicted octanol–water partition coefficient (Wildman–Crippen LogP) is 2.72. The van der Waals surface area contributed by atoms with Crippen LogP contribution in [-0.2, 0) is 0 Å². The summed E-state index contributed by atoms with van der Waals surface area (Å²) >= 11 is 3.50. The monoisotopic (exact) mass is 284 g/mol. The first-order valence-electron chi connectivity index (χ1n) is 5.75. The van der Waals surface area contributed by atoms with Crippen LogP contribution in [0, 0.1) is 11.8 Å². The SMILES string of the molecule is CC(c1cccc(Br)c1)C(C)C(CN)CN. The van der Waals surface area contributed by atoms with Gasteiger partial charge < -0.3 is 11.5 Å². The third kappa shape index (κ3) is 3.30. The van der Waals surface area contributed by atoms with Crippen molar-refractivity contribution >= 4 is 15.9 Å². The Morgan fingerprint density at radius 2 is 1.81 bits per heavy atom. The zero-order chi connectivity index (χ0) is 12.1. The van der Waals surface area contributed by atoms with Crippen LogP contribution < -0.4 is 11.5 Å². The van der Waals surface area contributed by atoms with Gasteiger partial charge in [0.15, 0.2) is 0 Å². The van der Waals surface area contributed by atoms with E-state index >= 15 is 0 Å². The number of benzene rings is 1. The minimum absolute atomic E-state index is 0.397. The Morgan fingerprint density at radius 3 is 2.31 bits per heavy atom. The van der Waals surface area contributed by atoms with Crippen molar-refractivity contribution in [1.29, 1.82) is 0 Å². The molecule has 1 aromatic carbocycles. The largest absolute Gasteiger partial charge is 0.330 e. The molecule has 4 N–H and O–H groups in total. The van der Waals surface area contributed by atoms with E-state index in [1.165, 1.54) is 5.56 Å². The third-order valence-corrected chi connectivity index (χ3v) is 4.01. The highest BCUT2D eigenvalue weighted by Crippen LogP contribution is 2.30. The molecule has 0 spiro atoms. The Labute approximate surface area is 107 Å². The molecule has 90 valence electrons. The number of hydrogen-bond donors (Lipinski definition) is 2. The summed E-state index contributed by atoms with van der Waals surface area (Å²) < 4.78 is 1.13. The molecular weight excluding hydrogens is 264 g/mol. The molecule has 0 fully saturated rings. The highest BCUT2D eigenvalue weighted by atomic mass is 79.9. The summed E-state index contributed by atoms with van der Waals surface area (Å²) in [5, 5.41) is 0. The van der Waals surface area contributed by atoms with E-state index in [1.807, 2.05) is 6.07 Å². The van der Waals surface area contributed by atoms with Crippen LogP contribution in [0.5, 0.6) is 0 Å². The lowest BCUT2D eigenvalue weighted by molar-refractivity contribution is 0.328. The van der Waals surface area contributed by atoms with E-state index in [1.54, 1.807) is 0 Å². The summed E-state index contributed by atoms with van der Waals surface area (Å²) in [6, 6.07) is 8.45. The topological polar surface area (TPSA) is 52.0 Å². The molecule has 0 aromatic heterocycles. The summed E-state index contributed by atoms with van der Waals surface area (Å²) in [5.74, 6) is 1.38. The lowest BCUT2D eigenvalue weighted by Gasteiger charge is -2.27. The first-order chi connectivity index (χ1) is 7.60. The van der Waals surface area contributed by atoms with Crippen molar-refractivity contribution in [3.63, 3.8) is 0 Å². The zero-order valence-corrected chi connectivity index (χ0v) is 11.6. The smallest absolute Gasteiger partial charge is 0.0178 e. The lowest BCUT2D eigenvalue weighted by atomic mass is 9.80. The molecule has 1 rings (SSSR count). The normalized spacial score (nSPS) is 15.1. The maximum atomic E-state index is 5.74. The number of halogens is 1. The fraction of sp³-hybridized carbons (Fsp3) is 0.538. The number of nitrogens with two attached hydrogens (primary N) is 2. The Kier molecular flexibility index (Phi) is 5.46. The van der Waals surface area contributed by atoms with Crippen LogP contribution in [0.25, 0.3) is 0 Å². The van der Waals surface area contributed by atoms with Crippen LogP contribution >= 0.6 is 15.9 Å². The molecule has 0 aliphatic rings. The van der Waals surface area contributed by atoms with E-state index in [2.05, 4.69) is 48.0 Å². The van der Waals surface area contributed by atoms with E-state index < -0.39 is 0 Å². The third-order valence-electron chi connectivity index (χ3n) is 3.51. The molecule has 2 unspecified atom stereocenters. The summed E-state index contributed by atoms with van der Waals surface area (Å²) in [7, 11) is 0. The molecule has 0 heterocycles. The van der Waals surface area contributed by atoms with Gasteiger partial charge in [0.05, 0.1) is 0 Å². The van der Waals surface area contributed by atoms with Crippen molar-refractivity contribution in [1.82, 2.24) is 0 Å². The minimum atomic E-state index is 0.397. The number of rotatable bonds is 5. The van der Waals surface area contributed by atoms with Gasteiger partial charge in [0.1, 0.15) is 0 Å². The van der Waals surface area contributed by atoms with Gasteiger partial charge in [-0.3, -0.25) is 0 Å².